The maximum Gasteiger partial charge on any atom is 0.224 e. The smallest absolute Gasteiger partial charge is 0.224 e. The van der Waals surface area contributed by atoms with Crippen molar-refractivity contribution in [2.75, 3.05) is 37.8 Å². The molecule has 0 aromatic heterocycles. The van der Waals surface area contributed by atoms with Crippen LogP contribution in [0.25, 0.3) is 0 Å². The number of morpholine rings is 1. The molecule has 4 rings (SSSR count). The Morgan fingerprint density at radius 2 is 2.07 bits per heavy atom. The van der Waals surface area contributed by atoms with Crippen molar-refractivity contribution in [2.45, 2.75) is 18.4 Å². The summed E-state index contributed by atoms with van der Waals surface area (Å²) >= 11 is 6.05. The molecule has 5 nitrogen and oxygen atoms in total. The van der Waals surface area contributed by atoms with Gasteiger partial charge in [-0.25, -0.2) is 4.39 Å². The van der Waals surface area contributed by atoms with Crippen molar-refractivity contribution in [2.24, 2.45) is 5.92 Å². The summed E-state index contributed by atoms with van der Waals surface area (Å²) in [6.45, 7) is 2.07. The van der Waals surface area contributed by atoms with E-state index in [1.807, 2.05) is 29.2 Å². The van der Waals surface area contributed by atoms with Crippen LogP contribution in [0.2, 0.25) is 5.02 Å². The van der Waals surface area contributed by atoms with E-state index in [9.17, 15) is 14.3 Å². The first-order valence-corrected chi connectivity index (χ1v) is 10.2. The number of ether oxygens (including phenoxy) is 1. The Hall–Kier alpha value is -2.15. The zero-order chi connectivity index (χ0) is 20.4. The van der Waals surface area contributed by atoms with Crippen molar-refractivity contribution in [1.82, 2.24) is 5.32 Å². The van der Waals surface area contributed by atoms with Crippen LogP contribution < -0.4 is 10.2 Å². The standard InChI is InChI=1S/C22H24ClFN2O3/c23-16-3-1-2-14(10-16)17-12-18(17)22(28)25-20(13-27)15-4-5-19(24)21(11-15)26-6-8-29-9-7-26/h1-5,10-11,17-18,20,27H,6-9,12-13H2,(H,25,28). The molecule has 1 aliphatic carbocycles. The molecule has 1 amide bonds. The summed E-state index contributed by atoms with van der Waals surface area (Å²) in [5, 5.41) is 13.4. The number of rotatable bonds is 6. The van der Waals surface area contributed by atoms with Gasteiger partial charge in [0.2, 0.25) is 5.91 Å². The van der Waals surface area contributed by atoms with Crippen LogP contribution in [-0.4, -0.2) is 43.9 Å². The number of halogens is 2. The highest BCUT2D eigenvalue weighted by molar-refractivity contribution is 6.30. The number of nitrogens with zero attached hydrogens (tertiary/aromatic N) is 1. The molecule has 2 aromatic carbocycles. The van der Waals surface area contributed by atoms with Crippen LogP contribution in [0.15, 0.2) is 42.5 Å². The van der Waals surface area contributed by atoms with E-state index in [4.69, 9.17) is 16.3 Å². The maximum absolute atomic E-state index is 14.4. The Balaban J connectivity index is 1.45. The van der Waals surface area contributed by atoms with Gasteiger partial charge in [-0.2, -0.15) is 0 Å². The van der Waals surface area contributed by atoms with Gasteiger partial charge < -0.3 is 20.1 Å². The minimum atomic E-state index is -0.580. The molecular weight excluding hydrogens is 395 g/mol. The molecule has 1 heterocycles. The first-order chi connectivity index (χ1) is 14.1. The van der Waals surface area contributed by atoms with Gasteiger partial charge in [0.05, 0.1) is 31.5 Å². The summed E-state index contributed by atoms with van der Waals surface area (Å²) < 4.78 is 19.7. The van der Waals surface area contributed by atoms with E-state index in [0.29, 0.717) is 42.6 Å². The molecule has 2 aromatic rings. The van der Waals surface area contributed by atoms with Crippen molar-refractivity contribution in [3.05, 3.63) is 64.4 Å². The van der Waals surface area contributed by atoms with Gasteiger partial charge in [-0.15, -0.1) is 0 Å². The monoisotopic (exact) mass is 418 g/mol. The average molecular weight is 419 g/mol. The third kappa shape index (κ3) is 4.55. The Labute approximate surface area is 174 Å². The summed E-state index contributed by atoms with van der Waals surface area (Å²) in [5.41, 5.74) is 2.21. The molecule has 0 spiro atoms. The number of hydrogen-bond donors (Lipinski definition) is 2. The number of amides is 1. The minimum absolute atomic E-state index is 0.105. The highest BCUT2D eigenvalue weighted by Gasteiger charge is 2.44. The quantitative estimate of drug-likeness (QED) is 0.755. The fourth-order valence-corrected chi connectivity index (χ4v) is 4.10. The molecule has 0 radical (unpaired) electrons. The van der Waals surface area contributed by atoms with Gasteiger partial charge in [0, 0.05) is 24.0 Å². The molecule has 2 aliphatic rings. The molecular formula is C22H24ClFN2O3. The van der Waals surface area contributed by atoms with Crippen molar-refractivity contribution >= 4 is 23.2 Å². The summed E-state index contributed by atoms with van der Waals surface area (Å²) in [6, 6.07) is 11.7. The van der Waals surface area contributed by atoms with Crippen LogP contribution in [0.1, 0.15) is 29.5 Å². The van der Waals surface area contributed by atoms with Crippen molar-refractivity contribution < 1.29 is 19.0 Å². The fourth-order valence-electron chi connectivity index (χ4n) is 3.90. The van der Waals surface area contributed by atoms with E-state index in [1.54, 1.807) is 12.1 Å². The number of carbonyl (C=O) groups is 1. The summed E-state index contributed by atoms with van der Waals surface area (Å²) in [4.78, 5) is 14.6. The Kier molecular flexibility index (Phi) is 6.04. The third-order valence-electron chi connectivity index (χ3n) is 5.63. The summed E-state index contributed by atoms with van der Waals surface area (Å²) in [5.74, 6) is -0.417. The van der Waals surface area contributed by atoms with E-state index in [-0.39, 0.29) is 30.2 Å². The topological polar surface area (TPSA) is 61.8 Å². The lowest BCUT2D eigenvalue weighted by Crippen LogP contribution is -2.37. The van der Waals surface area contributed by atoms with Gasteiger partial charge in [0.15, 0.2) is 0 Å². The van der Waals surface area contributed by atoms with E-state index in [2.05, 4.69) is 5.32 Å². The van der Waals surface area contributed by atoms with E-state index < -0.39 is 6.04 Å². The number of aliphatic hydroxyl groups is 1. The van der Waals surface area contributed by atoms with Crippen LogP contribution in [-0.2, 0) is 9.53 Å². The lowest BCUT2D eigenvalue weighted by atomic mass is 10.0. The van der Waals surface area contributed by atoms with Crippen LogP contribution in [0.3, 0.4) is 0 Å². The van der Waals surface area contributed by atoms with Gasteiger partial charge in [-0.3, -0.25) is 4.79 Å². The lowest BCUT2D eigenvalue weighted by Gasteiger charge is -2.30. The fraction of sp³-hybridized carbons (Fsp3) is 0.409. The SMILES string of the molecule is O=C(NC(CO)c1ccc(F)c(N2CCOCC2)c1)C1CC1c1cccc(Cl)c1. The van der Waals surface area contributed by atoms with Crippen molar-refractivity contribution in [3.8, 4) is 0 Å². The second-order valence-electron chi connectivity index (χ2n) is 7.56. The molecule has 154 valence electrons. The highest BCUT2D eigenvalue weighted by Crippen LogP contribution is 2.48. The minimum Gasteiger partial charge on any atom is -0.394 e. The normalized spacial score (nSPS) is 22.2. The maximum atomic E-state index is 14.4. The number of aliphatic hydroxyl groups excluding tert-OH is 1. The first-order valence-electron chi connectivity index (χ1n) is 9.85. The Morgan fingerprint density at radius 3 is 2.79 bits per heavy atom. The lowest BCUT2D eigenvalue weighted by molar-refractivity contribution is -0.123. The average Bonchev–Trinajstić information content (AvgIpc) is 3.54. The van der Waals surface area contributed by atoms with Gasteiger partial charge in [-0.1, -0.05) is 29.8 Å². The van der Waals surface area contributed by atoms with Crippen LogP contribution in [0, 0.1) is 11.7 Å². The Bertz CT molecular complexity index is 888. The van der Waals surface area contributed by atoms with E-state index >= 15 is 0 Å². The van der Waals surface area contributed by atoms with Crippen LogP contribution in [0.5, 0.6) is 0 Å². The molecule has 1 saturated carbocycles. The molecule has 3 atom stereocenters. The highest BCUT2D eigenvalue weighted by atomic mass is 35.5. The molecule has 1 aliphatic heterocycles. The second kappa shape index (κ2) is 8.69. The number of benzene rings is 2. The zero-order valence-electron chi connectivity index (χ0n) is 16.0. The molecule has 2 fully saturated rings. The molecule has 7 heteroatoms. The predicted molar refractivity (Wildman–Crippen MR) is 110 cm³/mol. The van der Waals surface area contributed by atoms with Gasteiger partial charge in [0.25, 0.3) is 0 Å². The van der Waals surface area contributed by atoms with Crippen molar-refractivity contribution in [3.63, 3.8) is 0 Å². The molecule has 3 unspecified atom stereocenters. The van der Waals surface area contributed by atoms with E-state index in [1.165, 1.54) is 6.07 Å². The van der Waals surface area contributed by atoms with Crippen LogP contribution >= 0.6 is 11.6 Å². The largest absolute Gasteiger partial charge is 0.394 e. The number of anilines is 1. The number of carbonyl (C=O) groups excluding carboxylic acids is 1. The van der Waals surface area contributed by atoms with Crippen molar-refractivity contribution in [1.29, 1.82) is 0 Å². The van der Waals surface area contributed by atoms with Gasteiger partial charge >= 0.3 is 0 Å². The molecule has 2 N–H and O–H groups in total. The third-order valence-corrected chi connectivity index (χ3v) is 5.86. The second-order valence-corrected chi connectivity index (χ2v) is 7.99. The van der Waals surface area contributed by atoms with Gasteiger partial charge in [-0.05, 0) is 47.7 Å². The summed E-state index contributed by atoms with van der Waals surface area (Å²) in [7, 11) is 0. The van der Waals surface area contributed by atoms with Crippen LogP contribution in [0.4, 0.5) is 10.1 Å². The molecule has 29 heavy (non-hydrogen) atoms. The number of hydrogen-bond acceptors (Lipinski definition) is 4. The Morgan fingerprint density at radius 1 is 1.28 bits per heavy atom. The summed E-state index contributed by atoms with van der Waals surface area (Å²) in [6.07, 6.45) is 0.757. The predicted octanol–water partition coefficient (Wildman–Crippen LogP) is 3.27. The first kappa shape index (κ1) is 20.1. The number of nitrogens with one attached hydrogen (secondary N) is 1. The molecule has 0 bridgehead atoms. The van der Waals surface area contributed by atoms with E-state index in [0.717, 1.165) is 12.0 Å². The van der Waals surface area contributed by atoms with Gasteiger partial charge in [0.1, 0.15) is 5.82 Å². The zero-order valence-corrected chi connectivity index (χ0v) is 16.7. The molecule has 1 saturated heterocycles.